The molecule has 1 aromatic rings. The zero-order chi connectivity index (χ0) is 11.8. The third kappa shape index (κ3) is 4.64. The first-order chi connectivity index (χ1) is 7.72. The van der Waals surface area contributed by atoms with Gasteiger partial charge in [0, 0.05) is 5.70 Å². The van der Waals surface area contributed by atoms with Gasteiger partial charge < -0.3 is 4.74 Å². The highest BCUT2D eigenvalue weighted by Gasteiger charge is 2.01. The van der Waals surface area contributed by atoms with Gasteiger partial charge in [0.05, 0.1) is 0 Å². The van der Waals surface area contributed by atoms with Crippen LogP contribution in [0.1, 0.15) is 25.8 Å². The molecular formula is C13H17NO2. The smallest absolute Gasteiger partial charge is 0.411 e. The quantitative estimate of drug-likeness (QED) is 0.844. The summed E-state index contributed by atoms with van der Waals surface area (Å²) in [4.78, 5) is 11.3. The van der Waals surface area contributed by atoms with Crippen LogP contribution in [0.2, 0.25) is 0 Å². The van der Waals surface area contributed by atoms with Crippen molar-refractivity contribution < 1.29 is 9.53 Å². The average Bonchev–Trinajstić information content (AvgIpc) is 2.28. The van der Waals surface area contributed by atoms with Crippen molar-refractivity contribution in [1.82, 2.24) is 5.32 Å². The highest BCUT2D eigenvalue weighted by molar-refractivity contribution is 5.69. The zero-order valence-corrected chi connectivity index (χ0v) is 9.69. The number of nitrogens with one attached hydrogen (secondary N) is 1. The van der Waals surface area contributed by atoms with Crippen LogP contribution in [-0.4, -0.2) is 6.09 Å². The Bertz CT molecular complexity index is 357. The molecule has 0 aliphatic heterocycles. The lowest BCUT2D eigenvalue weighted by atomic mass is 10.2. The van der Waals surface area contributed by atoms with Crippen LogP contribution in [0.5, 0.6) is 0 Å². The maximum atomic E-state index is 11.3. The fourth-order valence-electron chi connectivity index (χ4n) is 1.28. The van der Waals surface area contributed by atoms with E-state index in [-0.39, 0.29) is 0 Å². The minimum absolute atomic E-state index is 0.298. The minimum Gasteiger partial charge on any atom is -0.444 e. The van der Waals surface area contributed by atoms with E-state index in [9.17, 15) is 4.79 Å². The Balaban J connectivity index is 2.33. The Kier molecular flexibility index (Phi) is 5.12. The summed E-state index contributed by atoms with van der Waals surface area (Å²) in [5, 5.41) is 2.65. The molecule has 3 nitrogen and oxygen atoms in total. The molecule has 0 bridgehead atoms. The molecule has 3 heteroatoms. The van der Waals surface area contributed by atoms with Gasteiger partial charge in [-0.15, -0.1) is 0 Å². The summed E-state index contributed by atoms with van der Waals surface area (Å²) in [7, 11) is 0. The zero-order valence-electron chi connectivity index (χ0n) is 9.69. The molecule has 0 saturated heterocycles. The van der Waals surface area contributed by atoms with Crippen molar-refractivity contribution in [1.29, 1.82) is 0 Å². The highest BCUT2D eigenvalue weighted by Crippen LogP contribution is 2.01. The third-order valence-electron chi connectivity index (χ3n) is 2.02. The molecule has 0 aliphatic rings. The molecule has 0 atom stereocenters. The van der Waals surface area contributed by atoms with Crippen LogP contribution < -0.4 is 5.32 Å². The molecule has 16 heavy (non-hydrogen) atoms. The SMILES string of the molecule is CC/C=C(\C)NC(=O)OCc1ccccc1. The number of carbonyl (C=O) groups excluding carboxylic acids is 1. The third-order valence-corrected chi connectivity index (χ3v) is 2.02. The van der Waals surface area contributed by atoms with Crippen LogP contribution in [0.25, 0.3) is 0 Å². The van der Waals surface area contributed by atoms with E-state index < -0.39 is 6.09 Å². The predicted molar refractivity (Wildman–Crippen MR) is 63.8 cm³/mol. The maximum Gasteiger partial charge on any atom is 0.411 e. The van der Waals surface area contributed by atoms with E-state index in [4.69, 9.17) is 4.74 Å². The molecule has 0 aliphatic carbocycles. The van der Waals surface area contributed by atoms with Gasteiger partial charge in [-0.2, -0.15) is 0 Å². The van der Waals surface area contributed by atoms with Crippen LogP contribution in [0.4, 0.5) is 4.79 Å². The minimum atomic E-state index is -0.411. The summed E-state index contributed by atoms with van der Waals surface area (Å²) in [6.45, 7) is 4.15. The van der Waals surface area contributed by atoms with E-state index in [1.807, 2.05) is 50.3 Å². The van der Waals surface area contributed by atoms with E-state index in [2.05, 4.69) is 5.32 Å². The van der Waals surface area contributed by atoms with Crippen molar-refractivity contribution >= 4 is 6.09 Å². The number of benzene rings is 1. The Morgan fingerprint density at radius 3 is 2.69 bits per heavy atom. The lowest BCUT2D eigenvalue weighted by molar-refractivity contribution is 0.142. The molecule has 0 unspecified atom stereocenters. The molecule has 86 valence electrons. The molecular weight excluding hydrogens is 202 g/mol. The highest BCUT2D eigenvalue weighted by atomic mass is 16.5. The number of amides is 1. The molecule has 1 amide bonds. The van der Waals surface area contributed by atoms with Gasteiger partial charge in [-0.3, -0.25) is 5.32 Å². The van der Waals surface area contributed by atoms with Crippen LogP contribution in [0.3, 0.4) is 0 Å². The lowest BCUT2D eigenvalue weighted by Gasteiger charge is -2.06. The van der Waals surface area contributed by atoms with Crippen molar-refractivity contribution in [2.24, 2.45) is 0 Å². The topological polar surface area (TPSA) is 38.3 Å². The van der Waals surface area contributed by atoms with Crippen molar-refractivity contribution in [3.8, 4) is 0 Å². The van der Waals surface area contributed by atoms with Crippen LogP contribution >= 0.6 is 0 Å². The van der Waals surface area contributed by atoms with Gasteiger partial charge in [0.15, 0.2) is 0 Å². The fraction of sp³-hybridized carbons (Fsp3) is 0.308. The number of hydrogen-bond acceptors (Lipinski definition) is 2. The van der Waals surface area contributed by atoms with Crippen molar-refractivity contribution in [3.05, 3.63) is 47.7 Å². The molecule has 0 radical (unpaired) electrons. The van der Waals surface area contributed by atoms with E-state index in [0.29, 0.717) is 6.61 Å². The van der Waals surface area contributed by atoms with Gasteiger partial charge in [-0.25, -0.2) is 4.79 Å². The summed E-state index contributed by atoms with van der Waals surface area (Å²) in [5.41, 5.74) is 1.80. The average molecular weight is 219 g/mol. The number of rotatable bonds is 4. The first-order valence-electron chi connectivity index (χ1n) is 5.37. The molecule has 1 N–H and O–H groups in total. The monoisotopic (exact) mass is 219 g/mol. The van der Waals surface area contributed by atoms with E-state index >= 15 is 0 Å². The summed E-state index contributed by atoms with van der Waals surface area (Å²) < 4.78 is 5.05. The van der Waals surface area contributed by atoms with Crippen molar-refractivity contribution in [3.63, 3.8) is 0 Å². The Labute approximate surface area is 96.1 Å². The Morgan fingerprint density at radius 2 is 2.06 bits per heavy atom. The normalized spacial score (nSPS) is 11.0. The lowest BCUT2D eigenvalue weighted by Crippen LogP contribution is -2.22. The van der Waals surface area contributed by atoms with Gasteiger partial charge >= 0.3 is 6.09 Å². The number of allylic oxidation sites excluding steroid dienone is 2. The molecule has 0 saturated carbocycles. The first kappa shape index (κ1) is 12.3. The first-order valence-corrected chi connectivity index (χ1v) is 5.37. The van der Waals surface area contributed by atoms with Crippen molar-refractivity contribution in [2.75, 3.05) is 0 Å². The van der Waals surface area contributed by atoms with Gasteiger partial charge in [0.25, 0.3) is 0 Å². The summed E-state index contributed by atoms with van der Waals surface area (Å²) in [6.07, 6.45) is 2.42. The molecule has 0 aromatic heterocycles. The second kappa shape index (κ2) is 6.67. The van der Waals surface area contributed by atoms with E-state index in [0.717, 1.165) is 17.7 Å². The molecule has 0 heterocycles. The van der Waals surface area contributed by atoms with Crippen LogP contribution in [0.15, 0.2) is 42.1 Å². The van der Waals surface area contributed by atoms with E-state index in [1.165, 1.54) is 0 Å². The Morgan fingerprint density at radius 1 is 1.38 bits per heavy atom. The number of alkyl carbamates (subject to hydrolysis) is 1. The fourth-order valence-corrected chi connectivity index (χ4v) is 1.28. The second-order valence-corrected chi connectivity index (χ2v) is 3.48. The van der Waals surface area contributed by atoms with Crippen molar-refractivity contribution in [2.45, 2.75) is 26.9 Å². The second-order valence-electron chi connectivity index (χ2n) is 3.48. The summed E-state index contributed by atoms with van der Waals surface area (Å²) in [5.74, 6) is 0. The number of ether oxygens (including phenoxy) is 1. The van der Waals surface area contributed by atoms with Gasteiger partial charge in [-0.1, -0.05) is 43.3 Å². The maximum absolute atomic E-state index is 11.3. The predicted octanol–water partition coefficient (Wildman–Crippen LogP) is 3.23. The standard InChI is InChI=1S/C13H17NO2/c1-3-7-11(2)14-13(15)16-10-12-8-5-4-6-9-12/h4-9H,3,10H2,1-2H3,(H,14,15)/b11-7+. The Hall–Kier alpha value is -1.77. The molecule has 0 spiro atoms. The van der Waals surface area contributed by atoms with Crippen LogP contribution in [-0.2, 0) is 11.3 Å². The molecule has 1 aromatic carbocycles. The van der Waals surface area contributed by atoms with Crippen LogP contribution in [0, 0.1) is 0 Å². The van der Waals surface area contributed by atoms with E-state index in [1.54, 1.807) is 0 Å². The van der Waals surface area contributed by atoms with Gasteiger partial charge in [0.1, 0.15) is 6.61 Å². The number of hydrogen-bond donors (Lipinski definition) is 1. The summed E-state index contributed by atoms with van der Waals surface area (Å²) in [6, 6.07) is 9.60. The molecule has 1 rings (SSSR count). The molecule has 0 fully saturated rings. The largest absolute Gasteiger partial charge is 0.444 e. The number of carbonyl (C=O) groups is 1. The summed E-state index contributed by atoms with van der Waals surface area (Å²) >= 11 is 0. The van der Waals surface area contributed by atoms with Gasteiger partial charge in [-0.05, 0) is 18.9 Å². The van der Waals surface area contributed by atoms with Gasteiger partial charge in [0.2, 0.25) is 0 Å².